The Balaban J connectivity index is 0.00000410. The Kier molecular flexibility index (Phi) is 18.2. The summed E-state index contributed by atoms with van der Waals surface area (Å²) >= 11 is 0. The van der Waals surface area contributed by atoms with E-state index in [9.17, 15) is 9.90 Å². The molecule has 374 valence electrons. The molecule has 1 aromatic heterocycles. The summed E-state index contributed by atoms with van der Waals surface area (Å²) in [6.07, 6.45) is 15.9. The Morgan fingerprint density at radius 2 is 0.893 bits per heavy atom. The van der Waals surface area contributed by atoms with Gasteiger partial charge in [-0.05, 0) is 75.9 Å². The average molecular weight is 1160 g/mol. The van der Waals surface area contributed by atoms with Crippen LogP contribution in [-0.2, 0) is 65.6 Å². The van der Waals surface area contributed by atoms with E-state index in [1.54, 1.807) is 61.8 Å². The smallest absolute Gasteiger partial charge is 0.241 e. The van der Waals surface area contributed by atoms with Gasteiger partial charge in [0.25, 0.3) is 0 Å². The molecule has 1 aliphatic rings. The van der Waals surface area contributed by atoms with Gasteiger partial charge in [0.05, 0.1) is 29.7 Å². The molecule has 7 aromatic carbocycles. The molecule has 2 heterocycles. The second kappa shape index (κ2) is 25.1. The Labute approximate surface area is 464 Å². The number of benzene rings is 7. The topological polar surface area (TPSA) is 116 Å². The molecule has 0 saturated heterocycles. The summed E-state index contributed by atoms with van der Waals surface area (Å²) in [5, 5.41) is 15.1. The van der Waals surface area contributed by atoms with Crippen LogP contribution in [0.15, 0.2) is 265 Å². The van der Waals surface area contributed by atoms with Crippen molar-refractivity contribution in [2.24, 2.45) is 0 Å². The number of fused-ring (bicyclic) bond motifs is 1. The van der Waals surface area contributed by atoms with Gasteiger partial charge in [-0.2, -0.15) is 4.59 Å². The van der Waals surface area contributed by atoms with Gasteiger partial charge in [0.1, 0.15) is 5.70 Å². The van der Waals surface area contributed by atoms with Crippen LogP contribution >= 0.6 is 0 Å². The van der Waals surface area contributed by atoms with E-state index in [4.69, 9.17) is 4.98 Å². The summed E-state index contributed by atoms with van der Waals surface area (Å²) in [7, 11) is 1.66. The van der Waals surface area contributed by atoms with Crippen molar-refractivity contribution in [3.8, 4) is 0 Å². The number of carboxylic acids is 1. The quantitative estimate of drug-likeness (QED) is 0.0548. The van der Waals surface area contributed by atoms with E-state index in [1.807, 2.05) is 200 Å². The first kappa shape index (κ1) is 54.5. The van der Waals surface area contributed by atoms with E-state index >= 15 is 14.4 Å². The molecule has 0 aliphatic carbocycles. The normalized spacial score (nSPS) is 16.9. The van der Waals surface area contributed by atoms with Crippen LogP contribution in [0.2, 0.25) is 0 Å². The number of hydrogen-bond acceptors (Lipinski definition) is 7. The largest absolute Gasteiger partial charge is 0.543 e. The molecule has 0 spiro atoms. The third-order valence-corrected chi connectivity index (χ3v) is 12.8. The van der Waals surface area contributed by atoms with Gasteiger partial charge in [0.2, 0.25) is 17.0 Å². The summed E-state index contributed by atoms with van der Waals surface area (Å²) < 4.78 is -0.843. The number of allylic oxidation sites excluding steroid dienone is 3. The summed E-state index contributed by atoms with van der Waals surface area (Å²) in [6, 6.07) is 64.6. The minimum Gasteiger partial charge on any atom is -0.543 e. The van der Waals surface area contributed by atoms with Gasteiger partial charge < -0.3 is 9.90 Å². The molecule has 2 unspecified atom stereocenters. The molecule has 0 bridgehead atoms. The van der Waals surface area contributed by atoms with Gasteiger partial charge in [0.15, 0.2) is 11.6 Å². The molecule has 2 atom stereocenters. The number of carbonyl (C=O) groups excluding carboxylic acids is 4. The molecule has 75 heavy (non-hydrogen) atoms. The third kappa shape index (κ3) is 12.1. The van der Waals surface area contributed by atoms with Crippen LogP contribution in [-0.4, -0.2) is 39.9 Å². The Morgan fingerprint density at radius 3 is 1.37 bits per heavy atom. The maximum Gasteiger partial charge on any atom is 0.241 e. The zero-order chi connectivity index (χ0) is 50.6. The van der Waals surface area contributed by atoms with Crippen molar-refractivity contribution in [2.45, 2.75) is 5.54 Å². The van der Waals surface area contributed by atoms with E-state index < -0.39 is 39.1 Å². The first-order chi connectivity index (χ1) is 35.6. The molecule has 0 radical (unpaired) electrons. The molecule has 0 amide bonds. The van der Waals surface area contributed by atoms with Crippen LogP contribution in [0, 0.1) is 0 Å². The number of likely N-dealkylation sites (N-methyl/N-ethyl adjacent to an activating group) is 1. The maximum absolute atomic E-state index is 16.1. The predicted octanol–water partition coefficient (Wildman–Crippen LogP) is 11.4. The van der Waals surface area contributed by atoms with Gasteiger partial charge in [-0.25, -0.2) is 5.43 Å². The van der Waals surface area contributed by atoms with Gasteiger partial charge >= 0.3 is 0 Å². The Hall–Kier alpha value is -8.31. The number of hydrogen-bond donors (Lipinski definition) is 1. The van der Waals surface area contributed by atoms with Crippen LogP contribution in [0.4, 0.5) is 0 Å². The summed E-state index contributed by atoms with van der Waals surface area (Å²) in [5.74, 6) is -3.37. The standard InChI is InChI=1S/C65H49N3O5.2Pd/c1-68(58(44-52-32-18-7-19-33-52)61(71)41-38-49-26-12-4-13-27-49)65(54-45-53-34-20-21-35-57(53)66-46-54,56(43-51-30-16-6-17-31-51)60(70)40-37-48-24-10-3-11-25-48)62(63(67-68)64(72)73)55(42-50-28-14-5-15-29-50)59(69)39-36-47-22-8-2-9-23-47;;/h2-46,67H,1H3;;. The number of rotatable bonds is 17. The third-order valence-electron chi connectivity index (χ3n) is 12.8. The van der Waals surface area contributed by atoms with Gasteiger partial charge in [-0.3, -0.25) is 19.4 Å². The van der Waals surface area contributed by atoms with Gasteiger partial charge in [-0.1, -0.05) is 218 Å². The maximum atomic E-state index is 16.1. The first-order valence-corrected chi connectivity index (χ1v) is 23.7. The summed E-state index contributed by atoms with van der Waals surface area (Å²) in [6.45, 7) is 0. The van der Waals surface area contributed by atoms with E-state index in [0.29, 0.717) is 33.2 Å². The molecule has 8 nitrogen and oxygen atoms in total. The zero-order valence-electron chi connectivity index (χ0n) is 40.5. The Bertz CT molecular complexity index is 3560. The molecule has 0 saturated carbocycles. The fourth-order valence-electron chi connectivity index (χ4n) is 9.34. The van der Waals surface area contributed by atoms with Crippen molar-refractivity contribution in [1.29, 1.82) is 0 Å². The van der Waals surface area contributed by atoms with Crippen molar-refractivity contribution in [3.63, 3.8) is 0 Å². The number of ketones is 3. The van der Waals surface area contributed by atoms with E-state index in [1.165, 1.54) is 18.2 Å². The van der Waals surface area contributed by atoms with Crippen molar-refractivity contribution in [2.75, 3.05) is 7.05 Å². The SMILES string of the molecule is C[N+]1(C(=Cc2ccccc2)C(=O)C=Cc2ccccc2)NC(C(=O)[O-])=C(C(=Cc2ccccc2)C(=O)C=Cc2ccccc2)C1(C(=Cc1ccccc1)C(=O)C=Cc1ccccc1)c1cnc2ccccc2c1.[Pd].[Pd]. The monoisotopic (exact) mass is 1160 g/mol. The number of pyridine rings is 1. The minimum absolute atomic E-state index is 0. The Morgan fingerprint density at radius 1 is 0.493 bits per heavy atom. The molecule has 10 heteroatoms. The molecule has 1 aliphatic heterocycles. The van der Waals surface area contributed by atoms with Crippen LogP contribution in [0.5, 0.6) is 0 Å². The van der Waals surface area contributed by atoms with E-state index in [2.05, 4.69) is 5.43 Å². The molecular weight excluding hydrogens is 1120 g/mol. The van der Waals surface area contributed by atoms with Crippen LogP contribution < -0.4 is 10.5 Å². The minimum atomic E-state index is -2.19. The molecular formula is C65H49N3O5Pd2. The number of aliphatic carboxylic acids is 1. The number of para-hydroxylation sites is 1. The number of nitrogens with one attached hydrogen (secondary N) is 1. The van der Waals surface area contributed by atoms with Crippen molar-refractivity contribution >= 4 is 70.7 Å². The second-order valence-electron chi connectivity index (χ2n) is 17.5. The average Bonchev–Trinajstić information content (AvgIpc) is 3.76. The number of carbonyl (C=O) groups is 4. The van der Waals surface area contributed by atoms with Crippen molar-refractivity contribution in [3.05, 3.63) is 304 Å². The number of quaternary nitrogens is 1. The zero-order valence-corrected chi connectivity index (χ0v) is 43.7. The number of aromatic nitrogens is 1. The predicted molar refractivity (Wildman–Crippen MR) is 289 cm³/mol. The van der Waals surface area contributed by atoms with Gasteiger partial charge in [0, 0.05) is 69.6 Å². The molecule has 1 N–H and O–H groups in total. The van der Waals surface area contributed by atoms with Crippen LogP contribution in [0.25, 0.3) is 47.4 Å². The van der Waals surface area contributed by atoms with E-state index in [0.717, 1.165) is 11.1 Å². The summed E-state index contributed by atoms with van der Waals surface area (Å²) in [4.78, 5) is 67.0. The number of nitrogens with zero attached hydrogens (tertiary/aromatic N) is 2. The fourth-order valence-corrected chi connectivity index (χ4v) is 9.34. The van der Waals surface area contributed by atoms with Crippen molar-refractivity contribution in [1.82, 2.24) is 10.4 Å². The van der Waals surface area contributed by atoms with E-state index in [-0.39, 0.29) is 68.8 Å². The number of carboxylic acid groups (broad SMARTS) is 1. The van der Waals surface area contributed by atoms with Crippen molar-refractivity contribution < 1.29 is 69.7 Å². The fraction of sp³-hybridized carbons (Fsp3) is 0.0308. The second-order valence-corrected chi connectivity index (χ2v) is 17.5. The van der Waals surface area contributed by atoms with Gasteiger partial charge in [-0.15, -0.1) is 0 Å². The molecule has 0 fully saturated rings. The van der Waals surface area contributed by atoms with Crippen LogP contribution in [0.3, 0.4) is 0 Å². The molecule has 8 aromatic rings. The van der Waals surface area contributed by atoms with Crippen LogP contribution in [0.1, 0.15) is 38.9 Å². The first-order valence-electron chi connectivity index (χ1n) is 23.7. The molecule has 9 rings (SSSR count). The summed E-state index contributed by atoms with van der Waals surface area (Å²) in [5.41, 5.74) is 5.18.